The van der Waals surface area contributed by atoms with Gasteiger partial charge in [-0.1, -0.05) is 30.3 Å². The smallest absolute Gasteiger partial charge is 0.249 e. The van der Waals surface area contributed by atoms with E-state index in [1.807, 2.05) is 37.3 Å². The first kappa shape index (κ1) is 19.4. The third kappa shape index (κ3) is 3.80. The van der Waals surface area contributed by atoms with Crippen molar-refractivity contribution in [2.24, 2.45) is 0 Å². The first-order valence-corrected chi connectivity index (χ1v) is 9.55. The number of nitrogens with zero attached hydrogens (tertiary/aromatic N) is 2. The van der Waals surface area contributed by atoms with Gasteiger partial charge in [0.1, 0.15) is 11.9 Å². The summed E-state index contributed by atoms with van der Waals surface area (Å²) < 4.78 is 1.58. The summed E-state index contributed by atoms with van der Waals surface area (Å²) in [5.74, 6) is -0.200. The highest BCUT2D eigenvalue weighted by Gasteiger charge is 2.34. The maximum Gasteiger partial charge on any atom is 0.249 e. The minimum absolute atomic E-state index is 0.00183. The van der Waals surface area contributed by atoms with Crippen LogP contribution in [0.4, 0.5) is 17.2 Å². The fourth-order valence-corrected chi connectivity index (χ4v) is 3.48. The Labute approximate surface area is 173 Å². The van der Waals surface area contributed by atoms with E-state index >= 15 is 0 Å². The molecule has 0 saturated heterocycles. The number of fused-ring (bicyclic) bond motifs is 1. The summed E-state index contributed by atoms with van der Waals surface area (Å²) in [6.07, 6.45) is -0.00183. The summed E-state index contributed by atoms with van der Waals surface area (Å²) in [6, 6.07) is 15.6. The van der Waals surface area contributed by atoms with E-state index in [9.17, 15) is 14.4 Å². The van der Waals surface area contributed by atoms with E-state index in [2.05, 4.69) is 21.0 Å². The molecule has 0 radical (unpaired) electrons. The van der Waals surface area contributed by atoms with Gasteiger partial charge < -0.3 is 16.0 Å². The molecule has 3 N–H and O–H groups in total. The van der Waals surface area contributed by atoms with E-state index in [0.29, 0.717) is 17.2 Å². The summed E-state index contributed by atoms with van der Waals surface area (Å²) in [5.41, 5.74) is 3.65. The molecular weight excluding hydrogens is 382 g/mol. The van der Waals surface area contributed by atoms with Crippen molar-refractivity contribution in [3.8, 4) is 11.3 Å². The molecule has 0 spiro atoms. The van der Waals surface area contributed by atoms with Crippen molar-refractivity contribution in [2.75, 3.05) is 16.0 Å². The van der Waals surface area contributed by atoms with Crippen LogP contribution >= 0.6 is 0 Å². The number of benzene rings is 2. The summed E-state index contributed by atoms with van der Waals surface area (Å²) >= 11 is 0. The lowest BCUT2D eigenvalue weighted by molar-refractivity contribution is -0.125. The van der Waals surface area contributed by atoms with Crippen molar-refractivity contribution in [2.45, 2.75) is 26.3 Å². The molecule has 1 aromatic heterocycles. The molecule has 1 aliphatic heterocycles. The third-order valence-corrected chi connectivity index (χ3v) is 4.90. The van der Waals surface area contributed by atoms with Crippen LogP contribution in [0.15, 0.2) is 54.6 Å². The SMILES string of the molecule is CC(=O)Nc1ccc(NC(=O)C2CC(=O)Nc3c(C)c(-c4ccccc4)nn32)cc1. The molecule has 0 aliphatic carbocycles. The lowest BCUT2D eigenvalue weighted by Gasteiger charge is -2.24. The highest BCUT2D eigenvalue weighted by Crippen LogP contribution is 2.34. The topological polar surface area (TPSA) is 105 Å². The molecule has 8 nitrogen and oxygen atoms in total. The van der Waals surface area contributed by atoms with Crippen molar-refractivity contribution in [3.63, 3.8) is 0 Å². The van der Waals surface area contributed by atoms with Crippen LogP contribution in [0.3, 0.4) is 0 Å². The number of nitrogens with one attached hydrogen (secondary N) is 3. The highest BCUT2D eigenvalue weighted by atomic mass is 16.2. The Balaban J connectivity index is 1.60. The first-order chi connectivity index (χ1) is 14.4. The Bertz CT molecular complexity index is 1120. The van der Waals surface area contributed by atoms with E-state index in [1.165, 1.54) is 6.92 Å². The molecule has 2 heterocycles. The van der Waals surface area contributed by atoms with E-state index in [-0.39, 0.29) is 24.1 Å². The van der Waals surface area contributed by atoms with E-state index in [0.717, 1.165) is 16.8 Å². The molecule has 3 amide bonds. The summed E-state index contributed by atoms with van der Waals surface area (Å²) in [5, 5.41) is 13.0. The molecule has 0 fully saturated rings. The van der Waals surface area contributed by atoms with Crippen molar-refractivity contribution in [1.29, 1.82) is 0 Å². The van der Waals surface area contributed by atoms with Gasteiger partial charge in [0.2, 0.25) is 17.7 Å². The molecule has 4 rings (SSSR count). The second kappa shape index (κ2) is 7.82. The van der Waals surface area contributed by atoms with E-state index in [1.54, 1.807) is 28.9 Å². The molecule has 1 atom stereocenters. The van der Waals surface area contributed by atoms with Gasteiger partial charge in [-0.05, 0) is 31.2 Å². The molecule has 8 heteroatoms. The number of carbonyl (C=O) groups is 3. The van der Waals surface area contributed by atoms with Crippen LogP contribution in [0.5, 0.6) is 0 Å². The third-order valence-electron chi connectivity index (χ3n) is 4.90. The van der Waals surface area contributed by atoms with Gasteiger partial charge in [-0.2, -0.15) is 5.10 Å². The monoisotopic (exact) mass is 403 g/mol. The van der Waals surface area contributed by atoms with Gasteiger partial charge in [0.25, 0.3) is 0 Å². The molecule has 0 bridgehead atoms. The quantitative estimate of drug-likeness (QED) is 0.621. The zero-order valence-electron chi connectivity index (χ0n) is 16.6. The molecule has 30 heavy (non-hydrogen) atoms. The van der Waals surface area contributed by atoms with Crippen LogP contribution in [0, 0.1) is 6.92 Å². The van der Waals surface area contributed by atoms with Crippen LogP contribution in [0.1, 0.15) is 24.9 Å². The van der Waals surface area contributed by atoms with E-state index < -0.39 is 6.04 Å². The molecule has 1 unspecified atom stereocenters. The number of carbonyl (C=O) groups excluding carboxylic acids is 3. The Hall–Kier alpha value is -3.94. The molecule has 1 aliphatic rings. The fourth-order valence-electron chi connectivity index (χ4n) is 3.48. The first-order valence-electron chi connectivity index (χ1n) is 9.55. The van der Waals surface area contributed by atoms with Crippen molar-refractivity contribution >= 4 is 34.9 Å². The second-order valence-electron chi connectivity index (χ2n) is 7.15. The Morgan fingerprint density at radius 2 is 1.67 bits per heavy atom. The Morgan fingerprint density at radius 1 is 1.03 bits per heavy atom. The molecule has 152 valence electrons. The minimum atomic E-state index is -0.764. The van der Waals surface area contributed by atoms with Crippen molar-refractivity contribution < 1.29 is 14.4 Å². The van der Waals surface area contributed by atoms with Crippen LogP contribution in [-0.2, 0) is 14.4 Å². The van der Waals surface area contributed by atoms with Gasteiger partial charge >= 0.3 is 0 Å². The number of hydrogen-bond donors (Lipinski definition) is 3. The zero-order valence-corrected chi connectivity index (χ0v) is 16.6. The lowest BCUT2D eigenvalue weighted by Crippen LogP contribution is -2.35. The second-order valence-corrected chi connectivity index (χ2v) is 7.15. The van der Waals surface area contributed by atoms with Gasteiger partial charge in [0, 0.05) is 29.4 Å². The van der Waals surface area contributed by atoms with Crippen molar-refractivity contribution in [3.05, 3.63) is 60.2 Å². The maximum absolute atomic E-state index is 13.0. The van der Waals surface area contributed by atoms with Crippen LogP contribution in [0.25, 0.3) is 11.3 Å². The normalized spacial score (nSPS) is 15.1. The maximum atomic E-state index is 13.0. The predicted octanol–water partition coefficient (Wildman–Crippen LogP) is 3.34. The molecular formula is C22H21N5O3. The lowest BCUT2D eigenvalue weighted by atomic mass is 10.1. The minimum Gasteiger partial charge on any atom is -0.326 e. The predicted molar refractivity (Wildman–Crippen MR) is 114 cm³/mol. The van der Waals surface area contributed by atoms with Gasteiger partial charge in [-0.15, -0.1) is 0 Å². The van der Waals surface area contributed by atoms with Crippen LogP contribution in [0.2, 0.25) is 0 Å². The van der Waals surface area contributed by atoms with Crippen LogP contribution < -0.4 is 16.0 Å². The number of amides is 3. The standard InChI is InChI=1S/C22H21N5O3/c1-13-20(15-6-4-3-5-7-15)26-27-18(12-19(29)25-21(13)27)22(30)24-17-10-8-16(9-11-17)23-14(2)28/h3-11,18H,12H2,1-2H3,(H,23,28)(H,24,30)(H,25,29). The number of rotatable bonds is 4. The molecule has 3 aromatic rings. The Morgan fingerprint density at radius 3 is 2.30 bits per heavy atom. The number of anilines is 3. The average molecular weight is 403 g/mol. The van der Waals surface area contributed by atoms with Crippen molar-refractivity contribution in [1.82, 2.24) is 9.78 Å². The fraction of sp³-hybridized carbons (Fsp3) is 0.182. The summed E-state index contributed by atoms with van der Waals surface area (Å²) in [7, 11) is 0. The highest BCUT2D eigenvalue weighted by molar-refractivity contribution is 6.02. The Kier molecular flexibility index (Phi) is 5.05. The molecule has 0 saturated carbocycles. The average Bonchev–Trinajstić information content (AvgIpc) is 3.05. The van der Waals surface area contributed by atoms with Gasteiger partial charge in [0.15, 0.2) is 0 Å². The molecule has 2 aromatic carbocycles. The number of hydrogen-bond acceptors (Lipinski definition) is 4. The van der Waals surface area contributed by atoms with Gasteiger partial charge in [-0.3, -0.25) is 14.4 Å². The largest absolute Gasteiger partial charge is 0.326 e. The summed E-state index contributed by atoms with van der Waals surface area (Å²) in [6.45, 7) is 3.31. The zero-order chi connectivity index (χ0) is 21.3. The summed E-state index contributed by atoms with van der Waals surface area (Å²) in [4.78, 5) is 36.4. The van der Waals surface area contributed by atoms with Crippen LogP contribution in [-0.4, -0.2) is 27.5 Å². The van der Waals surface area contributed by atoms with E-state index in [4.69, 9.17) is 0 Å². The van der Waals surface area contributed by atoms with Gasteiger partial charge in [0.05, 0.1) is 12.1 Å². The number of aromatic nitrogens is 2. The van der Waals surface area contributed by atoms with Gasteiger partial charge in [-0.25, -0.2) is 4.68 Å².